The van der Waals surface area contributed by atoms with Crippen molar-refractivity contribution in [2.45, 2.75) is 6.92 Å². The lowest BCUT2D eigenvalue weighted by Crippen LogP contribution is -2.47. The number of hydrogen-bond donors (Lipinski definition) is 1. The van der Waals surface area contributed by atoms with E-state index in [1.807, 2.05) is 9.80 Å². The van der Waals surface area contributed by atoms with E-state index in [4.69, 9.17) is 0 Å². The first-order valence-electron chi connectivity index (χ1n) is 9.12. The second kappa shape index (κ2) is 8.26. The summed E-state index contributed by atoms with van der Waals surface area (Å²) in [5.74, 6) is -1.05. The van der Waals surface area contributed by atoms with E-state index in [2.05, 4.69) is 5.32 Å². The van der Waals surface area contributed by atoms with Crippen LogP contribution in [-0.2, 0) is 0 Å². The third kappa shape index (κ3) is 4.18. The van der Waals surface area contributed by atoms with Gasteiger partial charge in [0.25, 0.3) is 11.6 Å². The number of anilines is 2. The molecule has 152 valence electrons. The van der Waals surface area contributed by atoms with Crippen LogP contribution in [0, 0.1) is 15.9 Å². The molecule has 0 bridgehead atoms. The Hall–Kier alpha value is -3.49. The Morgan fingerprint density at radius 2 is 1.62 bits per heavy atom. The molecule has 2 aromatic carbocycles. The summed E-state index contributed by atoms with van der Waals surface area (Å²) < 4.78 is 14.4. The number of ketones is 1. The Balaban J connectivity index is 1.80. The minimum Gasteiger partial charge on any atom is -0.367 e. The molecule has 1 aliphatic heterocycles. The predicted octanol–water partition coefficient (Wildman–Crippen LogP) is 2.62. The van der Waals surface area contributed by atoms with E-state index in [1.165, 1.54) is 32.2 Å². The number of hydrogen-bond acceptors (Lipinski definition) is 6. The minimum absolute atomic E-state index is 0.154. The molecule has 8 nitrogen and oxygen atoms in total. The average Bonchev–Trinajstić information content (AvgIpc) is 2.72. The van der Waals surface area contributed by atoms with Crippen molar-refractivity contribution >= 4 is 28.8 Å². The van der Waals surface area contributed by atoms with E-state index in [-0.39, 0.29) is 17.0 Å². The number of Topliss-reactive ketones (excluding diaryl/α,β-unsaturated/α-hetero) is 1. The molecule has 1 N–H and O–H groups in total. The zero-order chi connectivity index (χ0) is 21.1. The van der Waals surface area contributed by atoms with Crippen LogP contribution in [0.2, 0.25) is 0 Å². The molecule has 0 aliphatic carbocycles. The van der Waals surface area contributed by atoms with Crippen LogP contribution in [0.4, 0.5) is 21.5 Å². The lowest BCUT2D eigenvalue weighted by molar-refractivity contribution is -0.384. The largest absolute Gasteiger partial charge is 0.367 e. The molecule has 0 radical (unpaired) electrons. The first kappa shape index (κ1) is 20.2. The maximum absolute atomic E-state index is 14.4. The number of benzene rings is 2. The van der Waals surface area contributed by atoms with Crippen LogP contribution in [-0.4, -0.2) is 49.8 Å². The molecule has 0 aromatic heterocycles. The Bertz CT molecular complexity index is 971. The highest BCUT2D eigenvalue weighted by molar-refractivity contribution is 6.00. The number of piperazine rings is 1. The highest BCUT2D eigenvalue weighted by atomic mass is 19.1. The third-order valence-electron chi connectivity index (χ3n) is 4.98. The highest BCUT2D eigenvalue weighted by Gasteiger charge is 2.24. The maximum atomic E-state index is 14.4. The van der Waals surface area contributed by atoms with Crippen molar-refractivity contribution < 1.29 is 18.9 Å². The zero-order valence-corrected chi connectivity index (χ0v) is 16.1. The van der Waals surface area contributed by atoms with Gasteiger partial charge in [0.05, 0.1) is 21.9 Å². The van der Waals surface area contributed by atoms with E-state index in [0.29, 0.717) is 43.1 Å². The van der Waals surface area contributed by atoms with Gasteiger partial charge in [-0.05, 0) is 31.2 Å². The number of carbonyl (C=O) groups excluding carboxylic acids is 2. The first-order chi connectivity index (χ1) is 13.8. The number of nitro benzene ring substituents is 1. The van der Waals surface area contributed by atoms with E-state index >= 15 is 0 Å². The van der Waals surface area contributed by atoms with Crippen LogP contribution < -0.4 is 15.1 Å². The second-order valence-electron chi connectivity index (χ2n) is 6.73. The third-order valence-corrected chi connectivity index (χ3v) is 4.98. The summed E-state index contributed by atoms with van der Waals surface area (Å²) in [5.41, 5.74) is 1.42. The van der Waals surface area contributed by atoms with Crippen LogP contribution in [0.25, 0.3) is 0 Å². The molecule has 1 saturated heterocycles. The van der Waals surface area contributed by atoms with Crippen molar-refractivity contribution in [1.29, 1.82) is 0 Å². The fraction of sp³-hybridized carbons (Fsp3) is 0.300. The van der Waals surface area contributed by atoms with Crippen LogP contribution in [0.5, 0.6) is 0 Å². The number of nitrogens with one attached hydrogen (secondary N) is 1. The van der Waals surface area contributed by atoms with Gasteiger partial charge in [-0.25, -0.2) is 4.39 Å². The Kier molecular flexibility index (Phi) is 5.76. The Morgan fingerprint density at radius 1 is 1.03 bits per heavy atom. The van der Waals surface area contributed by atoms with Crippen molar-refractivity contribution in [3.05, 3.63) is 63.5 Å². The molecule has 9 heteroatoms. The summed E-state index contributed by atoms with van der Waals surface area (Å²) in [6.45, 7) is 3.41. The standard InChI is InChI=1S/C20H21FN4O4/c1-13(26)14-3-5-19(17(21)11-14)24-9-7-23(8-10-24)18-6-4-15(25(28)29)12-16(18)20(27)22-2/h3-6,11-12H,7-10H2,1-2H3,(H,22,27). The normalized spacial score (nSPS) is 13.9. The topological polar surface area (TPSA) is 95.8 Å². The Labute approximate surface area is 167 Å². The fourth-order valence-electron chi connectivity index (χ4n) is 3.40. The number of nitro groups is 1. The molecule has 1 fully saturated rings. The molecule has 2 aromatic rings. The number of non-ortho nitro benzene ring substituents is 1. The van der Waals surface area contributed by atoms with Gasteiger partial charge in [0.2, 0.25) is 0 Å². The molecular formula is C20H21FN4O4. The molecule has 0 spiro atoms. The molecule has 0 saturated carbocycles. The van der Waals surface area contributed by atoms with Crippen LogP contribution in [0.1, 0.15) is 27.6 Å². The van der Waals surface area contributed by atoms with Gasteiger partial charge >= 0.3 is 0 Å². The van der Waals surface area contributed by atoms with Gasteiger partial charge in [-0.15, -0.1) is 0 Å². The quantitative estimate of drug-likeness (QED) is 0.471. The smallest absolute Gasteiger partial charge is 0.270 e. The molecular weight excluding hydrogens is 379 g/mol. The van der Waals surface area contributed by atoms with Crippen molar-refractivity contribution in [1.82, 2.24) is 5.32 Å². The van der Waals surface area contributed by atoms with Crippen molar-refractivity contribution in [3.63, 3.8) is 0 Å². The van der Waals surface area contributed by atoms with E-state index in [9.17, 15) is 24.1 Å². The molecule has 0 unspecified atom stereocenters. The number of carbonyl (C=O) groups is 2. The van der Waals surface area contributed by atoms with Gasteiger partial charge in [0.15, 0.2) is 5.78 Å². The molecule has 0 atom stereocenters. The molecule has 3 rings (SSSR count). The van der Waals surface area contributed by atoms with Crippen LogP contribution >= 0.6 is 0 Å². The maximum Gasteiger partial charge on any atom is 0.270 e. The van der Waals surface area contributed by atoms with E-state index < -0.39 is 16.6 Å². The molecule has 1 aliphatic rings. The minimum atomic E-state index is -0.540. The lowest BCUT2D eigenvalue weighted by Gasteiger charge is -2.38. The predicted molar refractivity (Wildman–Crippen MR) is 107 cm³/mol. The van der Waals surface area contributed by atoms with Gasteiger partial charge in [-0.1, -0.05) is 0 Å². The van der Waals surface area contributed by atoms with Crippen molar-refractivity contribution in [3.8, 4) is 0 Å². The van der Waals surface area contributed by atoms with Gasteiger partial charge in [0.1, 0.15) is 5.82 Å². The van der Waals surface area contributed by atoms with E-state index in [1.54, 1.807) is 18.2 Å². The first-order valence-corrected chi connectivity index (χ1v) is 9.12. The molecule has 1 amide bonds. The average molecular weight is 400 g/mol. The molecule has 29 heavy (non-hydrogen) atoms. The van der Waals surface area contributed by atoms with Gasteiger partial charge < -0.3 is 15.1 Å². The van der Waals surface area contributed by atoms with Crippen LogP contribution in [0.3, 0.4) is 0 Å². The monoisotopic (exact) mass is 400 g/mol. The van der Waals surface area contributed by atoms with Gasteiger partial charge in [-0.2, -0.15) is 0 Å². The number of nitrogens with zero attached hydrogens (tertiary/aromatic N) is 3. The SMILES string of the molecule is CNC(=O)c1cc([N+](=O)[O-])ccc1N1CCN(c2ccc(C(C)=O)cc2F)CC1. The summed E-state index contributed by atoms with van der Waals surface area (Å²) in [7, 11) is 1.47. The summed E-state index contributed by atoms with van der Waals surface area (Å²) in [5, 5.41) is 13.6. The van der Waals surface area contributed by atoms with Crippen LogP contribution in [0.15, 0.2) is 36.4 Å². The second-order valence-corrected chi connectivity index (χ2v) is 6.73. The van der Waals surface area contributed by atoms with Gasteiger partial charge in [0, 0.05) is 50.9 Å². The fourth-order valence-corrected chi connectivity index (χ4v) is 3.40. The van der Waals surface area contributed by atoms with E-state index in [0.717, 1.165) is 0 Å². The lowest BCUT2D eigenvalue weighted by atomic mass is 10.1. The number of amides is 1. The summed E-state index contributed by atoms with van der Waals surface area (Å²) in [6.07, 6.45) is 0. The number of rotatable bonds is 5. The van der Waals surface area contributed by atoms with Crippen molar-refractivity contribution in [2.24, 2.45) is 0 Å². The molecule has 1 heterocycles. The summed E-state index contributed by atoms with van der Waals surface area (Å²) in [6, 6.07) is 8.65. The van der Waals surface area contributed by atoms with Crippen molar-refractivity contribution in [2.75, 3.05) is 43.0 Å². The number of halogens is 1. The zero-order valence-electron chi connectivity index (χ0n) is 16.1. The summed E-state index contributed by atoms with van der Waals surface area (Å²) in [4.78, 5) is 38.0. The van der Waals surface area contributed by atoms with Gasteiger partial charge in [-0.3, -0.25) is 19.7 Å². The highest BCUT2D eigenvalue weighted by Crippen LogP contribution is 2.28. The summed E-state index contributed by atoms with van der Waals surface area (Å²) >= 11 is 0. The Morgan fingerprint density at radius 3 is 2.14 bits per heavy atom.